The van der Waals surface area contributed by atoms with E-state index in [1.165, 1.54) is 12.8 Å². The van der Waals surface area contributed by atoms with E-state index in [0.29, 0.717) is 6.54 Å². The van der Waals surface area contributed by atoms with Crippen LogP contribution in [0.25, 0.3) is 0 Å². The summed E-state index contributed by atoms with van der Waals surface area (Å²) in [4.78, 5) is 13.6. The number of guanidine groups is 1. The fraction of sp³-hybridized carbons (Fsp3) is 0.500. The highest BCUT2D eigenvalue weighted by molar-refractivity contribution is 14.0. The summed E-state index contributed by atoms with van der Waals surface area (Å²) in [6.07, 6.45) is 6.85. The molecule has 1 saturated carbocycles. The average molecular weight is 551 g/mol. The lowest BCUT2D eigenvalue weighted by atomic mass is 10.1. The third-order valence-corrected chi connectivity index (χ3v) is 6.07. The molecule has 1 aliphatic heterocycles. The summed E-state index contributed by atoms with van der Waals surface area (Å²) < 4.78 is 12.0. The first-order valence-corrected chi connectivity index (χ1v) is 11.2. The van der Waals surface area contributed by atoms with Gasteiger partial charge in [0.1, 0.15) is 5.82 Å². The molecule has 174 valence electrons. The Labute approximate surface area is 208 Å². The minimum absolute atomic E-state index is 0. The number of para-hydroxylation sites is 1. The molecule has 1 aromatic heterocycles. The predicted octanol–water partition coefficient (Wildman–Crippen LogP) is 3.93. The molecule has 1 saturated heterocycles. The highest BCUT2D eigenvalue weighted by atomic mass is 127. The van der Waals surface area contributed by atoms with Gasteiger partial charge in [-0.05, 0) is 43.9 Å². The monoisotopic (exact) mass is 551 g/mol. The fourth-order valence-electron chi connectivity index (χ4n) is 4.36. The number of rotatable bonds is 6. The molecule has 0 radical (unpaired) electrons. The van der Waals surface area contributed by atoms with Gasteiger partial charge < -0.3 is 24.6 Å². The molecule has 0 bridgehead atoms. The van der Waals surface area contributed by atoms with Gasteiger partial charge in [-0.25, -0.2) is 4.98 Å². The van der Waals surface area contributed by atoms with Gasteiger partial charge >= 0.3 is 0 Å². The zero-order valence-electron chi connectivity index (χ0n) is 19.0. The Morgan fingerprint density at radius 3 is 2.53 bits per heavy atom. The van der Waals surface area contributed by atoms with Crippen molar-refractivity contribution in [2.24, 2.45) is 4.99 Å². The van der Waals surface area contributed by atoms with Gasteiger partial charge in [-0.2, -0.15) is 0 Å². The summed E-state index contributed by atoms with van der Waals surface area (Å²) in [5.41, 5.74) is 1.10. The molecule has 0 amide bonds. The van der Waals surface area contributed by atoms with Crippen LogP contribution in [0, 0.1) is 0 Å². The van der Waals surface area contributed by atoms with Crippen molar-refractivity contribution >= 4 is 35.8 Å². The van der Waals surface area contributed by atoms with Crippen molar-refractivity contribution in [1.82, 2.24) is 15.2 Å². The zero-order valence-corrected chi connectivity index (χ0v) is 21.3. The minimum Gasteiger partial charge on any atom is -0.493 e. The van der Waals surface area contributed by atoms with Crippen LogP contribution in [0.3, 0.4) is 0 Å². The zero-order chi connectivity index (χ0) is 21.5. The van der Waals surface area contributed by atoms with Crippen molar-refractivity contribution < 1.29 is 9.47 Å². The van der Waals surface area contributed by atoms with E-state index in [1.807, 2.05) is 37.5 Å². The van der Waals surface area contributed by atoms with Gasteiger partial charge in [-0.15, -0.1) is 24.0 Å². The van der Waals surface area contributed by atoms with Crippen LogP contribution >= 0.6 is 24.0 Å². The number of pyridine rings is 1. The van der Waals surface area contributed by atoms with Crippen LogP contribution in [0.4, 0.5) is 5.82 Å². The Balaban J connectivity index is 0.00000289. The second-order valence-corrected chi connectivity index (χ2v) is 8.04. The van der Waals surface area contributed by atoms with Crippen LogP contribution < -0.4 is 19.7 Å². The van der Waals surface area contributed by atoms with Crippen molar-refractivity contribution in [3.8, 4) is 11.5 Å². The molecule has 32 heavy (non-hydrogen) atoms. The van der Waals surface area contributed by atoms with Crippen molar-refractivity contribution in [3.63, 3.8) is 0 Å². The van der Waals surface area contributed by atoms with E-state index in [0.717, 1.165) is 67.9 Å². The summed E-state index contributed by atoms with van der Waals surface area (Å²) in [5, 5.41) is 3.53. The molecule has 8 heteroatoms. The molecule has 2 aliphatic rings. The maximum Gasteiger partial charge on any atom is 0.194 e. The summed E-state index contributed by atoms with van der Waals surface area (Å²) >= 11 is 0. The maximum absolute atomic E-state index is 6.37. The number of methoxy groups -OCH3 is 1. The van der Waals surface area contributed by atoms with Crippen molar-refractivity contribution in [1.29, 1.82) is 0 Å². The number of hydrogen-bond donors (Lipinski definition) is 1. The summed E-state index contributed by atoms with van der Waals surface area (Å²) in [5.74, 6) is 3.61. The lowest BCUT2D eigenvalue weighted by Crippen LogP contribution is -2.52. The Bertz CT molecular complexity index is 866. The first-order chi connectivity index (χ1) is 15.3. The third kappa shape index (κ3) is 5.96. The normalized spacial score (nSPS) is 17.1. The van der Waals surface area contributed by atoms with Crippen LogP contribution in [0.1, 0.15) is 31.2 Å². The molecule has 2 aromatic rings. The summed E-state index contributed by atoms with van der Waals surface area (Å²) in [6, 6.07) is 12.2. The molecule has 0 unspecified atom stereocenters. The van der Waals surface area contributed by atoms with Crippen LogP contribution in [0.5, 0.6) is 11.5 Å². The molecule has 7 nitrogen and oxygen atoms in total. The lowest BCUT2D eigenvalue weighted by molar-refractivity contribution is 0.198. The maximum atomic E-state index is 6.37. The molecule has 0 spiro atoms. The Hall–Kier alpha value is -2.23. The quantitative estimate of drug-likeness (QED) is 0.334. The molecular weight excluding hydrogens is 517 g/mol. The van der Waals surface area contributed by atoms with Crippen molar-refractivity contribution in [2.75, 3.05) is 45.2 Å². The van der Waals surface area contributed by atoms with Gasteiger partial charge in [0.05, 0.1) is 13.2 Å². The SMILES string of the molecule is CN=C(NCc1cccc(OC)c1OC1CCCC1)N1CCN(c2ccccn2)CC1.I. The Kier molecular flexibility index (Phi) is 9.25. The smallest absolute Gasteiger partial charge is 0.194 e. The van der Waals surface area contributed by atoms with E-state index in [9.17, 15) is 0 Å². The molecule has 1 aromatic carbocycles. The van der Waals surface area contributed by atoms with Gasteiger partial charge in [-0.1, -0.05) is 18.2 Å². The standard InChI is InChI=1S/C24H33N5O2.HI/c1-25-24(29-16-14-28(15-17-29)22-12-5-6-13-26-22)27-18-19-8-7-11-21(30-2)23(19)31-20-9-3-4-10-20;/h5-8,11-13,20H,3-4,9-10,14-18H2,1-2H3,(H,25,27);1H. The van der Waals surface area contributed by atoms with E-state index in [-0.39, 0.29) is 30.1 Å². The van der Waals surface area contributed by atoms with Gasteiger partial charge in [0.15, 0.2) is 17.5 Å². The highest BCUT2D eigenvalue weighted by Crippen LogP contribution is 2.34. The first-order valence-electron chi connectivity index (χ1n) is 11.2. The number of aromatic nitrogens is 1. The molecule has 2 fully saturated rings. The largest absolute Gasteiger partial charge is 0.493 e. The van der Waals surface area contributed by atoms with Crippen LogP contribution in [-0.2, 0) is 6.54 Å². The number of anilines is 1. The summed E-state index contributed by atoms with van der Waals surface area (Å²) in [6.45, 7) is 4.30. The second-order valence-electron chi connectivity index (χ2n) is 8.04. The second kappa shape index (κ2) is 12.1. The first kappa shape index (κ1) is 24.4. The number of nitrogens with one attached hydrogen (secondary N) is 1. The molecule has 1 N–H and O–H groups in total. The van der Waals surface area contributed by atoms with E-state index in [2.05, 4.69) is 37.2 Å². The average Bonchev–Trinajstić information content (AvgIpc) is 3.34. The number of nitrogens with zero attached hydrogens (tertiary/aromatic N) is 4. The molecule has 2 heterocycles. The molecular formula is C24H34IN5O2. The highest BCUT2D eigenvalue weighted by Gasteiger charge is 2.23. The van der Waals surface area contributed by atoms with Gasteiger partial charge in [0.25, 0.3) is 0 Å². The number of hydrogen-bond acceptors (Lipinski definition) is 5. The third-order valence-electron chi connectivity index (χ3n) is 6.07. The number of piperazine rings is 1. The van der Waals surface area contributed by atoms with E-state index in [1.54, 1.807) is 7.11 Å². The number of ether oxygens (including phenoxy) is 2. The van der Waals surface area contributed by atoms with Crippen LogP contribution in [-0.4, -0.2) is 62.3 Å². The van der Waals surface area contributed by atoms with Crippen molar-refractivity contribution in [2.45, 2.75) is 38.3 Å². The van der Waals surface area contributed by atoms with Gasteiger partial charge in [-0.3, -0.25) is 4.99 Å². The Morgan fingerprint density at radius 1 is 1.09 bits per heavy atom. The van der Waals surface area contributed by atoms with Gasteiger partial charge in [0, 0.05) is 51.5 Å². The van der Waals surface area contributed by atoms with Crippen LogP contribution in [0.15, 0.2) is 47.6 Å². The molecule has 1 aliphatic carbocycles. The topological polar surface area (TPSA) is 62.2 Å². The van der Waals surface area contributed by atoms with E-state index < -0.39 is 0 Å². The van der Waals surface area contributed by atoms with E-state index >= 15 is 0 Å². The molecule has 4 rings (SSSR count). The number of benzene rings is 1. The van der Waals surface area contributed by atoms with Crippen molar-refractivity contribution in [3.05, 3.63) is 48.2 Å². The fourth-order valence-corrected chi connectivity index (χ4v) is 4.36. The number of halogens is 1. The van der Waals surface area contributed by atoms with E-state index in [4.69, 9.17) is 9.47 Å². The number of aliphatic imine (C=N–C) groups is 1. The Morgan fingerprint density at radius 2 is 1.88 bits per heavy atom. The minimum atomic E-state index is 0. The predicted molar refractivity (Wildman–Crippen MR) is 140 cm³/mol. The molecule has 0 atom stereocenters. The summed E-state index contributed by atoms with van der Waals surface area (Å²) in [7, 11) is 3.54. The lowest BCUT2D eigenvalue weighted by Gasteiger charge is -2.37. The van der Waals surface area contributed by atoms with Crippen LogP contribution in [0.2, 0.25) is 0 Å². The van der Waals surface area contributed by atoms with Gasteiger partial charge in [0.2, 0.25) is 0 Å².